The van der Waals surface area contributed by atoms with Crippen LogP contribution in [0.2, 0.25) is 0 Å². The van der Waals surface area contributed by atoms with Crippen LogP contribution in [-0.2, 0) is 20.9 Å². The van der Waals surface area contributed by atoms with Gasteiger partial charge in [0.05, 0.1) is 12.3 Å². The highest BCUT2D eigenvalue weighted by Crippen LogP contribution is 2.34. The van der Waals surface area contributed by atoms with Gasteiger partial charge in [0.1, 0.15) is 12.3 Å². The first-order valence-electron chi connectivity index (χ1n) is 8.27. The van der Waals surface area contributed by atoms with Crippen LogP contribution in [0, 0.1) is 0 Å². The predicted molar refractivity (Wildman–Crippen MR) is 94.2 cm³/mol. The van der Waals surface area contributed by atoms with E-state index in [2.05, 4.69) is 10.5 Å². The number of aromatic nitrogens is 1. The summed E-state index contributed by atoms with van der Waals surface area (Å²) in [6.45, 7) is 0.00511. The van der Waals surface area contributed by atoms with Crippen molar-refractivity contribution in [2.75, 3.05) is 5.32 Å². The summed E-state index contributed by atoms with van der Waals surface area (Å²) in [7, 11) is 0. The van der Waals surface area contributed by atoms with Gasteiger partial charge in [0, 0.05) is 17.3 Å². The zero-order chi connectivity index (χ0) is 17.9. The lowest BCUT2D eigenvalue weighted by molar-refractivity contribution is -0.146. The average molecular weight is 348 g/mol. The van der Waals surface area contributed by atoms with Crippen molar-refractivity contribution in [1.29, 1.82) is 0 Å². The van der Waals surface area contributed by atoms with Crippen LogP contribution in [0.4, 0.5) is 5.69 Å². The molecule has 2 heterocycles. The minimum absolute atomic E-state index is 0.00511. The number of hydrogen-bond acceptors (Lipinski definition) is 5. The maximum absolute atomic E-state index is 12.1. The molecule has 3 aromatic rings. The number of rotatable bonds is 5. The Balaban J connectivity index is 1.36. The molecule has 0 fully saturated rings. The third-order valence-electron chi connectivity index (χ3n) is 4.28. The number of carbonyl (C=O) groups excluding carboxylic acids is 2. The first-order chi connectivity index (χ1) is 12.7. The van der Waals surface area contributed by atoms with E-state index < -0.39 is 11.9 Å². The molecule has 1 unspecified atom stereocenters. The Hall–Kier alpha value is -3.41. The van der Waals surface area contributed by atoms with Crippen LogP contribution in [0.15, 0.2) is 65.2 Å². The highest BCUT2D eigenvalue weighted by molar-refractivity contribution is 6.04. The Morgan fingerprint density at radius 2 is 1.88 bits per heavy atom. The number of ether oxygens (including phenoxy) is 1. The second-order valence-electron chi connectivity index (χ2n) is 6.04. The van der Waals surface area contributed by atoms with E-state index >= 15 is 0 Å². The molecular weight excluding hydrogens is 332 g/mol. The number of benzene rings is 2. The van der Waals surface area contributed by atoms with E-state index in [0.717, 1.165) is 16.8 Å². The van der Waals surface area contributed by atoms with Crippen LogP contribution in [0.1, 0.15) is 23.6 Å². The third-order valence-corrected chi connectivity index (χ3v) is 4.28. The summed E-state index contributed by atoms with van der Waals surface area (Å²) in [6.07, 6.45) is -0.00770. The molecule has 0 aliphatic carbocycles. The van der Waals surface area contributed by atoms with Gasteiger partial charge in [-0.15, -0.1) is 0 Å². The summed E-state index contributed by atoms with van der Waals surface area (Å²) in [5.74, 6) is -0.543. The number of nitrogens with one attached hydrogen (secondary N) is 1. The SMILES string of the molecule is O=C(CC1C(=O)Nc2ccccc21)OCc1cc(-c2ccccc2)on1. The summed E-state index contributed by atoms with van der Waals surface area (Å²) < 4.78 is 10.5. The van der Waals surface area contributed by atoms with Crippen LogP contribution in [0.25, 0.3) is 11.3 Å². The summed E-state index contributed by atoms with van der Waals surface area (Å²) in [4.78, 5) is 24.2. The van der Waals surface area contributed by atoms with Gasteiger partial charge < -0.3 is 14.6 Å². The zero-order valence-electron chi connectivity index (χ0n) is 13.8. The number of hydrogen-bond donors (Lipinski definition) is 1. The molecule has 1 atom stereocenters. The second-order valence-corrected chi connectivity index (χ2v) is 6.04. The van der Waals surface area contributed by atoms with Crippen LogP contribution in [-0.4, -0.2) is 17.0 Å². The molecule has 1 aliphatic heterocycles. The van der Waals surface area contributed by atoms with Crippen molar-refractivity contribution < 1.29 is 18.8 Å². The van der Waals surface area contributed by atoms with Gasteiger partial charge in [0.2, 0.25) is 5.91 Å². The molecule has 26 heavy (non-hydrogen) atoms. The molecule has 6 nitrogen and oxygen atoms in total. The highest BCUT2D eigenvalue weighted by Gasteiger charge is 2.32. The molecule has 130 valence electrons. The van der Waals surface area contributed by atoms with E-state index in [4.69, 9.17) is 9.26 Å². The molecule has 1 aromatic heterocycles. The lowest BCUT2D eigenvalue weighted by Crippen LogP contribution is -2.17. The fourth-order valence-electron chi connectivity index (χ4n) is 2.98. The van der Waals surface area contributed by atoms with Crippen LogP contribution >= 0.6 is 0 Å². The Labute approximate surface area is 149 Å². The van der Waals surface area contributed by atoms with Crippen molar-refractivity contribution >= 4 is 17.6 Å². The van der Waals surface area contributed by atoms with Crippen LogP contribution < -0.4 is 5.32 Å². The normalized spacial score (nSPS) is 15.4. The summed E-state index contributed by atoms with van der Waals surface area (Å²) in [5, 5.41) is 6.69. The van der Waals surface area contributed by atoms with Gasteiger partial charge in [-0.2, -0.15) is 0 Å². The van der Waals surface area contributed by atoms with Crippen molar-refractivity contribution in [2.24, 2.45) is 0 Å². The molecule has 0 spiro atoms. The lowest BCUT2D eigenvalue weighted by atomic mass is 9.97. The van der Waals surface area contributed by atoms with Crippen LogP contribution in [0.3, 0.4) is 0 Å². The molecular formula is C20H16N2O4. The number of para-hydroxylation sites is 1. The van der Waals surface area contributed by atoms with Gasteiger partial charge in [0.25, 0.3) is 0 Å². The fraction of sp³-hybridized carbons (Fsp3) is 0.150. The molecule has 4 rings (SSSR count). The Bertz CT molecular complexity index is 949. The smallest absolute Gasteiger partial charge is 0.307 e. The van der Waals surface area contributed by atoms with E-state index in [-0.39, 0.29) is 18.9 Å². The molecule has 0 bridgehead atoms. The van der Waals surface area contributed by atoms with Gasteiger partial charge in [-0.25, -0.2) is 0 Å². The number of anilines is 1. The number of amides is 1. The minimum atomic E-state index is -0.518. The summed E-state index contributed by atoms with van der Waals surface area (Å²) >= 11 is 0. The quantitative estimate of drug-likeness (QED) is 0.714. The maximum Gasteiger partial charge on any atom is 0.307 e. The Morgan fingerprint density at radius 3 is 2.73 bits per heavy atom. The average Bonchev–Trinajstić information content (AvgIpc) is 3.26. The minimum Gasteiger partial charge on any atom is -0.459 e. The molecule has 0 saturated heterocycles. The van der Waals surface area contributed by atoms with E-state index in [1.807, 2.05) is 54.6 Å². The predicted octanol–water partition coefficient (Wildman–Crippen LogP) is 3.51. The number of esters is 1. The van der Waals surface area contributed by atoms with Crippen molar-refractivity contribution in [3.8, 4) is 11.3 Å². The van der Waals surface area contributed by atoms with Gasteiger partial charge in [-0.05, 0) is 11.6 Å². The van der Waals surface area contributed by atoms with E-state index in [1.165, 1.54) is 0 Å². The molecule has 1 amide bonds. The third kappa shape index (κ3) is 3.21. The molecule has 0 radical (unpaired) electrons. The Morgan fingerprint density at radius 1 is 1.12 bits per heavy atom. The largest absolute Gasteiger partial charge is 0.459 e. The molecule has 2 aromatic carbocycles. The van der Waals surface area contributed by atoms with E-state index in [0.29, 0.717) is 11.5 Å². The maximum atomic E-state index is 12.1. The monoisotopic (exact) mass is 348 g/mol. The van der Waals surface area contributed by atoms with Gasteiger partial charge in [-0.1, -0.05) is 53.7 Å². The first-order valence-corrected chi connectivity index (χ1v) is 8.27. The first kappa shape index (κ1) is 16.1. The lowest BCUT2D eigenvalue weighted by Gasteiger charge is -2.08. The molecule has 1 N–H and O–H groups in total. The van der Waals surface area contributed by atoms with E-state index in [1.54, 1.807) is 6.07 Å². The standard InChI is InChI=1S/C20H16N2O4/c23-19(11-16-15-8-4-5-9-17(15)21-20(16)24)25-12-14-10-18(26-22-14)13-6-2-1-3-7-13/h1-10,16H,11-12H2,(H,21,24). The van der Waals surface area contributed by atoms with E-state index in [9.17, 15) is 9.59 Å². The van der Waals surface area contributed by atoms with Gasteiger partial charge in [-0.3, -0.25) is 9.59 Å². The fourth-order valence-corrected chi connectivity index (χ4v) is 2.98. The molecule has 0 saturated carbocycles. The summed E-state index contributed by atoms with van der Waals surface area (Å²) in [6, 6.07) is 18.6. The number of fused-ring (bicyclic) bond motifs is 1. The van der Waals surface area contributed by atoms with Crippen molar-refractivity contribution in [2.45, 2.75) is 18.9 Å². The number of nitrogens with zero attached hydrogens (tertiary/aromatic N) is 1. The topological polar surface area (TPSA) is 81.4 Å². The van der Waals surface area contributed by atoms with Gasteiger partial charge in [0.15, 0.2) is 5.76 Å². The van der Waals surface area contributed by atoms with Crippen molar-refractivity contribution in [3.63, 3.8) is 0 Å². The Kier molecular flexibility index (Phi) is 4.23. The second kappa shape index (κ2) is 6.84. The van der Waals surface area contributed by atoms with Crippen LogP contribution in [0.5, 0.6) is 0 Å². The molecule has 6 heteroatoms. The highest BCUT2D eigenvalue weighted by atomic mass is 16.5. The van der Waals surface area contributed by atoms with Gasteiger partial charge >= 0.3 is 5.97 Å². The van der Waals surface area contributed by atoms with Crippen molar-refractivity contribution in [1.82, 2.24) is 5.16 Å². The molecule has 1 aliphatic rings. The van der Waals surface area contributed by atoms with Crippen molar-refractivity contribution in [3.05, 3.63) is 71.9 Å². The number of carbonyl (C=O) groups is 2. The zero-order valence-corrected chi connectivity index (χ0v) is 13.8. The summed E-state index contributed by atoms with van der Waals surface area (Å²) in [5.41, 5.74) is 2.99.